The summed E-state index contributed by atoms with van der Waals surface area (Å²) in [5.41, 5.74) is 6.78. The van der Waals surface area contributed by atoms with Gasteiger partial charge in [-0.1, -0.05) is 6.08 Å². The number of H-pyrrole nitrogens is 1. The number of hydrogen-bond donors (Lipinski definition) is 2. The number of aromatic nitrogens is 4. The summed E-state index contributed by atoms with van der Waals surface area (Å²) in [6.07, 6.45) is 10.4. The Balaban J connectivity index is 0.000000138. The van der Waals surface area contributed by atoms with Gasteiger partial charge < -0.3 is 15.5 Å². The second kappa shape index (κ2) is 4.92. The maximum Gasteiger partial charge on any atom is 0.182 e. The second-order valence-corrected chi connectivity index (χ2v) is 2.95. The first-order valence-electron chi connectivity index (χ1n) is 4.71. The van der Waals surface area contributed by atoms with Gasteiger partial charge in [0.05, 0.1) is 12.6 Å². The number of nitrogens with zero attached hydrogens (tertiary/aromatic N) is 3. The van der Waals surface area contributed by atoms with Crippen LogP contribution in [0.1, 0.15) is 0 Å². The molecule has 3 N–H and O–H groups in total. The summed E-state index contributed by atoms with van der Waals surface area (Å²) in [4.78, 5) is 14.4. The van der Waals surface area contributed by atoms with Crippen molar-refractivity contribution in [2.75, 3.05) is 12.3 Å². The summed E-state index contributed by atoms with van der Waals surface area (Å²) in [6, 6.07) is 0. The molecule has 0 atom stereocenters. The number of ether oxygens (including phenoxy) is 1. The van der Waals surface area contributed by atoms with Crippen molar-refractivity contribution < 1.29 is 4.74 Å². The van der Waals surface area contributed by atoms with E-state index in [1.54, 1.807) is 6.26 Å². The average Bonchev–Trinajstić information content (AvgIpc) is 2.82. The molecular weight excluding hydrogens is 206 g/mol. The maximum absolute atomic E-state index is 5.48. The Kier molecular flexibility index (Phi) is 3.12. The van der Waals surface area contributed by atoms with E-state index >= 15 is 0 Å². The van der Waals surface area contributed by atoms with Crippen LogP contribution in [-0.2, 0) is 4.74 Å². The first-order valence-corrected chi connectivity index (χ1v) is 4.71. The molecule has 6 heteroatoms. The number of rotatable bonds is 0. The predicted molar refractivity (Wildman–Crippen MR) is 60.3 cm³/mol. The molecule has 1 aliphatic rings. The van der Waals surface area contributed by atoms with E-state index < -0.39 is 0 Å². The summed E-state index contributed by atoms with van der Waals surface area (Å²) in [5.74, 6) is 0.433. The fraction of sp³-hybridized carbons (Fsp3) is 0.100. The molecule has 82 valence electrons. The Hall–Kier alpha value is -2.37. The third kappa shape index (κ3) is 2.35. The topological polar surface area (TPSA) is 89.7 Å². The maximum atomic E-state index is 5.48. The van der Waals surface area contributed by atoms with Crippen molar-refractivity contribution in [3.05, 3.63) is 37.1 Å². The van der Waals surface area contributed by atoms with Crippen molar-refractivity contribution in [3.8, 4) is 0 Å². The van der Waals surface area contributed by atoms with E-state index in [-0.39, 0.29) is 0 Å². The quantitative estimate of drug-likeness (QED) is 0.687. The van der Waals surface area contributed by atoms with Crippen LogP contribution in [0.3, 0.4) is 0 Å². The van der Waals surface area contributed by atoms with Gasteiger partial charge in [0, 0.05) is 0 Å². The highest BCUT2D eigenvalue weighted by molar-refractivity contribution is 5.80. The SMILES string of the molecule is C1=CCOC=C1.Nc1ncnc2nc[nH]c12. The molecule has 0 aromatic carbocycles. The molecule has 2 aromatic rings. The van der Waals surface area contributed by atoms with Crippen molar-refractivity contribution in [1.29, 1.82) is 0 Å². The molecule has 0 amide bonds. The van der Waals surface area contributed by atoms with Crippen molar-refractivity contribution in [2.45, 2.75) is 0 Å². The lowest BCUT2D eigenvalue weighted by Crippen LogP contribution is -1.91. The Morgan fingerprint density at radius 3 is 2.75 bits per heavy atom. The van der Waals surface area contributed by atoms with Gasteiger partial charge in [-0.05, 0) is 12.2 Å². The van der Waals surface area contributed by atoms with E-state index in [1.807, 2.05) is 18.2 Å². The number of nitrogen functional groups attached to an aromatic ring is 1. The highest BCUT2D eigenvalue weighted by Crippen LogP contribution is 2.09. The molecule has 0 aliphatic carbocycles. The van der Waals surface area contributed by atoms with Gasteiger partial charge in [0.15, 0.2) is 11.5 Å². The molecule has 3 heterocycles. The molecule has 2 aromatic heterocycles. The number of nitrogens with one attached hydrogen (secondary N) is 1. The second-order valence-electron chi connectivity index (χ2n) is 2.95. The van der Waals surface area contributed by atoms with E-state index in [4.69, 9.17) is 10.5 Å². The Morgan fingerprint density at radius 2 is 2.19 bits per heavy atom. The summed E-state index contributed by atoms with van der Waals surface area (Å²) in [7, 11) is 0. The highest BCUT2D eigenvalue weighted by Gasteiger charge is 1.99. The highest BCUT2D eigenvalue weighted by atomic mass is 16.5. The van der Waals surface area contributed by atoms with Crippen LogP contribution in [0.4, 0.5) is 5.82 Å². The normalized spacial score (nSPS) is 13.0. The first kappa shape index (κ1) is 10.2. The van der Waals surface area contributed by atoms with Crippen LogP contribution in [0, 0.1) is 0 Å². The van der Waals surface area contributed by atoms with Gasteiger partial charge in [-0.15, -0.1) is 0 Å². The van der Waals surface area contributed by atoms with Gasteiger partial charge in [-0.2, -0.15) is 0 Å². The summed E-state index contributed by atoms with van der Waals surface area (Å²) < 4.78 is 4.80. The Bertz CT molecular complexity index is 505. The van der Waals surface area contributed by atoms with Crippen LogP contribution in [-0.4, -0.2) is 26.5 Å². The van der Waals surface area contributed by atoms with Crippen molar-refractivity contribution in [2.24, 2.45) is 0 Å². The molecule has 1 aliphatic heterocycles. The minimum Gasteiger partial charge on any atom is -0.497 e. The van der Waals surface area contributed by atoms with Gasteiger partial charge in [0.1, 0.15) is 18.5 Å². The van der Waals surface area contributed by atoms with Gasteiger partial charge >= 0.3 is 0 Å². The average molecular weight is 217 g/mol. The third-order valence-electron chi connectivity index (χ3n) is 1.87. The number of hydrogen-bond acceptors (Lipinski definition) is 5. The molecule has 0 unspecified atom stereocenters. The minimum atomic E-state index is 0.433. The van der Waals surface area contributed by atoms with E-state index in [0.717, 1.165) is 6.61 Å². The zero-order valence-electron chi connectivity index (χ0n) is 8.50. The smallest absolute Gasteiger partial charge is 0.182 e. The summed E-state index contributed by atoms with van der Waals surface area (Å²) in [6.45, 7) is 0.733. The Labute approximate surface area is 91.9 Å². The predicted octanol–water partition coefficient (Wildman–Crippen LogP) is 1.02. The largest absolute Gasteiger partial charge is 0.497 e. The molecule has 0 spiro atoms. The monoisotopic (exact) mass is 217 g/mol. The summed E-state index contributed by atoms with van der Waals surface area (Å²) >= 11 is 0. The molecule has 0 radical (unpaired) electrons. The molecule has 0 bridgehead atoms. The number of imidazole rings is 1. The zero-order chi connectivity index (χ0) is 11.2. The lowest BCUT2D eigenvalue weighted by molar-refractivity contribution is 0.286. The van der Waals surface area contributed by atoms with E-state index in [0.29, 0.717) is 17.0 Å². The van der Waals surface area contributed by atoms with Crippen molar-refractivity contribution >= 4 is 17.0 Å². The molecular formula is C10H11N5O. The van der Waals surface area contributed by atoms with Gasteiger partial charge in [0.25, 0.3) is 0 Å². The van der Waals surface area contributed by atoms with Crippen LogP contribution in [0.2, 0.25) is 0 Å². The number of aromatic amines is 1. The number of fused-ring (bicyclic) bond motifs is 1. The molecule has 6 nitrogen and oxygen atoms in total. The molecule has 0 saturated heterocycles. The van der Waals surface area contributed by atoms with E-state index in [2.05, 4.69) is 19.9 Å². The van der Waals surface area contributed by atoms with Crippen molar-refractivity contribution in [3.63, 3.8) is 0 Å². The van der Waals surface area contributed by atoms with Crippen molar-refractivity contribution in [1.82, 2.24) is 19.9 Å². The fourth-order valence-electron chi connectivity index (χ4n) is 1.13. The molecule has 3 rings (SSSR count). The zero-order valence-corrected chi connectivity index (χ0v) is 8.50. The van der Waals surface area contributed by atoms with Gasteiger partial charge in [-0.25, -0.2) is 15.0 Å². The van der Waals surface area contributed by atoms with E-state index in [9.17, 15) is 0 Å². The van der Waals surface area contributed by atoms with Crippen LogP contribution < -0.4 is 5.73 Å². The number of nitrogens with two attached hydrogens (primary N) is 1. The van der Waals surface area contributed by atoms with Gasteiger partial charge in [-0.3, -0.25) is 0 Å². The number of anilines is 1. The first-order chi connectivity index (χ1) is 7.88. The molecule has 0 saturated carbocycles. The third-order valence-corrected chi connectivity index (χ3v) is 1.87. The van der Waals surface area contributed by atoms with E-state index in [1.165, 1.54) is 12.7 Å². The van der Waals surface area contributed by atoms with Crippen LogP contribution in [0.5, 0.6) is 0 Å². The van der Waals surface area contributed by atoms with Crippen LogP contribution in [0.25, 0.3) is 11.2 Å². The summed E-state index contributed by atoms with van der Waals surface area (Å²) in [5, 5.41) is 0. The standard InChI is InChI=1S/C5H5N5.C5H6O/c6-4-3-5(9-1-7-3)10-2-8-4;1-2-4-6-5-3-1/h1-2H,(H3,6,7,8,9,10);1-4H,5H2. The molecule has 0 fully saturated rings. The van der Waals surface area contributed by atoms with Gasteiger partial charge in [0.2, 0.25) is 0 Å². The lowest BCUT2D eigenvalue weighted by atomic mass is 10.5. The Morgan fingerprint density at radius 1 is 1.25 bits per heavy atom. The lowest BCUT2D eigenvalue weighted by Gasteiger charge is -1.94. The fourth-order valence-corrected chi connectivity index (χ4v) is 1.13. The minimum absolute atomic E-state index is 0.433. The van der Waals surface area contributed by atoms with Crippen LogP contribution in [0.15, 0.2) is 37.1 Å². The number of allylic oxidation sites excluding steroid dienone is 2. The van der Waals surface area contributed by atoms with Crippen LogP contribution >= 0.6 is 0 Å². The molecule has 16 heavy (non-hydrogen) atoms.